The van der Waals surface area contributed by atoms with Gasteiger partial charge in [0.1, 0.15) is 18.3 Å². The van der Waals surface area contributed by atoms with Crippen LogP contribution < -0.4 is 0 Å². The summed E-state index contributed by atoms with van der Waals surface area (Å²) in [4.78, 5) is 38.7. The average Bonchev–Trinajstić information content (AvgIpc) is 2.85. The van der Waals surface area contributed by atoms with E-state index < -0.39 is 17.9 Å². The van der Waals surface area contributed by atoms with E-state index in [0.717, 1.165) is 57.8 Å². The van der Waals surface area contributed by atoms with Gasteiger partial charge in [-0.15, -0.1) is 0 Å². The third kappa shape index (κ3) is 6.21. The van der Waals surface area contributed by atoms with Gasteiger partial charge in [0.2, 0.25) is 0 Å². The topological polar surface area (TPSA) is 78.9 Å². The summed E-state index contributed by atoms with van der Waals surface area (Å²) < 4.78 is 16.8. The highest BCUT2D eigenvalue weighted by Crippen LogP contribution is 2.23. The van der Waals surface area contributed by atoms with Gasteiger partial charge in [-0.25, -0.2) is 14.4 Å². The zero-order valence-corrected chi connectivity index (χ0v) is 18.7. The van der Waals surface area contributed by atoms with Crippen molar-refractivity contribution < 1.29 is 28.6 Å². The molecule has 0 amide bonds. The van der Waals surface area contributed by atoms with Crippen LogP contribution in [0, 0.1) is 0 Å². The summed E-state index contributed by atoms with van der Waals surface area (Å²) in [6.45, 7) is 0. The molecule has 0 heterocycles. The number of benzene rings is 1. The molecule has 0 fully saturated rings. The molecule has 3 atom stereocenters. The Morgan fingerprint density at radius 2 is 1.06 bits per heavy atom. The number of carbonyl (C=O) groups is 3. The molecule has 0 aliphatic heterocycles. The average molecular weight is 451 g/mol. The van der Waals surface area contributed by atoms with Gasteiger partial charge in [0.05, 0.1) is 16.7 Å². The van der Waals surface area contributed by atoms with Gasteiger partial charge >= 0.3 is 17.9 Å². The van der Waals surface area contributed by atoms with Crippen molar-refractivity contribution in [1.82, 2.24) is 0 Å². The maximum atomic E-state index is 13.1. The van der Waals surface area contributed by atoms with E-state index in [4.69, 9.17) is 14.2 Å². The molecule has 0 aromatic heterocycles. The molecule has 3 unspecified atom stereocenters. The molecule has 0 N–H and O–H groups in total. The highest BCUT2D eigenvalue weighted by Gasteiger charge is 2.26. The molecular weight excluding hydrogens is 420 g/mol. The molecule has 0 radical (unpaired) electrons. The van der Waals surface area contributed by atoms with Crippen molar-refractivity contribution in [2.45, 2.75) is 76.1 Å². The number of hydrogen-bond acceptors (Lipinski definition) is 6. The van der Waals surface area contributed by atoms with Crippen molar-refractivity contribution in [3.63, 3.8) is 0 Å². The summed E-state index contributed by atoms with van der Waals surface area (Å²) in [5.41, 5.74) is 0.314. The van der Waals surface area contributed by atoms with Crippen LogP contribution in [0.3, 0.4) is 0 Å². The third-order valence-corrected chi connectivity index (χ3v) is 6.10. The summed E-state index contributed by atoms with van der Waals surface area (Å²) in [5, 5.41) is 0. The Balaban J connectivity index is 1.56. The molecule has 174 valence electrons. The van der Waals surface area contributed by atoms with Crippen LogP contribution in [-0.4, -0.2) is 36.2 Å². The van der Waals surface area contributed by atoms with Gasteiger partial charge in [0, 0.05) is 0 Å². The fourth-order valence-corrected chi connectivity index (χ4v) is 4.26. The van der Waals surface area contributed by atoms with E-state index >= 15 is 0 Å². The molecular formula is C27H30O6. The largest absolute Gasteiger partial charge is 0.455 e. The van der Waals surface area contributed by atoms with Crippen LogP contribution >= 0.6 is 0 Å². The van der Waals surface area contributed by atoms with Crippen molar-refractivity contribution in [2.24, 2.45) is 0 Å². The lowest BCUT2D eigenvalue weighted by molar-refractivity contribution is 0.0318. The molecule has 3 aliphatic carbocycles. The monoisotopic (exact) mass is 450 g/mol. The maximum Gasteiger partial charge on any atom is 0.339 e. The summed E-state index contributed by atoms with van der Waals surface area (Å²) in [6.07, 6.45) is 18.6. The minimum atomic E-state index is -0.648. The van der Waals surface area contributed by atoms with E-state index in [1.807, 2.05) is 36.5 Å². The number of ether oxygens (including phenoxy) is 3. The number of esters is 3. The molecule has 0 spiro atoms. The van der Waals surface area contributed by atoms with E-state index in [0.29, 0.717) is 0 Å². The lowest BCUT2D eigenvalue weighted by atomic mass is 10.0. The van der Waals surface area contributed by atoms with Crippen LogP contribution in [0.4, 0.5) is 0 Å². The van der Waals surface area contributed by atoms with E-state index in [9.17, 15) is 14.4 Å². The summed E-state index contributed by atoms with van der Waals surface area (Å²) in [7, 11) is 0. The van der Waals surface area contributed by atoms with Gasteiger partial charge in [-0.2, -0.15) is 0 Å². The predicted octanol–water partition coefficient (Wildman–Crippen LogP) is 5.48. The van der Waals surface area contributed by atoms with Crippen molar-refractivity contribution in [3.8, 4) is 0 Å². The normalized spacial score (nSPS) is 24.2. The van der Waals surface area contributed by atoms with Crippen molar-refractivity contribution >= 4 is 17.9 Å². The lowest BCUT2D eigenvalue weighted by Gasteiger charge is -2.20. The number of hydrogen-bond donors (Lipinski definition) is 0. The summed E-state index contributed by atoms with van der Waals surface area (Å²) in [5.74, 6) is -1.79. The number of carbonyl (C=O) groups excluding carboxylic acids is 3. The van der Waals surface area contributed by atoms with Crippen LogP contribution in [0.1, 0.15) is 88.9 Å². The van der Waals surface area contributed by atoms with Crippen LogP contribution in [0.2, 0.25) is 0 Å². The fourth-order valence-electron chi connectivity index (χ4n) is 4.26. The number of rotatable bonds is 6. The second-order valence-corrected chi connectivity index (χ2v) is 8.67. The smallest absolute Gasteiger partial charge is 0.339 e. The SMILES string of the molecule is O=C(OC1C=CCCC1)c1ccc(C(=O)OC2C=CCCC2)c(C(=O)OC2C=CCCC2)c1. The van der Waals surface area contributed by atoms with E-state index in [1.165, 1.54) is 18.2 Å². The Kier molecular flexibility index (Phi) is 7.76. The molecule has 1 aromatic rings. The van der Waals surface area contributed by atoms with Gasteiger partial charge in [0.15, 0.2) is 0 Å². The number of allylic oxidation sites excluding steroid dienone is 3. The summed E-state index contributed by atoms with van der Waals surface area (Å²) in [6, 6.07) is 4.34. The standard InChI is InChI=1S/C27H30O6/c28-25(31-20-10-4-1-5-11-20)19-16-17-23(26(29)32-21-12-6-2-7-13-21)24(18-19)27(30)33-22-14-8-3-9-15-22/h4,6,8,10,12,14,16-18,20-22H,1-3,5,7,9,11,13,15H2. The Morgan fingerprint density at radius 3 is 1.52 bits per heavy atom. The Labute approximate surface area is 194 Å². The molecule has 3 aliphatic rings. The maximum absolute atomic E-state index is 13.1. The molecule has 0 saturated carbocycles. The Hall–Kier alpha value is -3.15. The van der Waals surface area contributed by atoms with Gasteiger partial charge < -0.3 is 14.2 Å². The van der Waals surface area contributed by atoms with Crippen molar-refractivity contribution in [2.75, 3.05) is 0 Å². The van der Waals surface area contributed by atoms with Crippen LogP contribution in [0.15, 0.2) is 54.7 Å². The highest BCUT2D eigenvalue weighted by atomic mass is 16.6. The van der Waals surface area contributed by atoms with Crippen LogP contribution in [0.25, 0.3) is 0 Å². The minimum absolute atomic E-state index is 0.0207. The fraction of sp³-hybridized carbons (Fsp3) is 0.444. The van der Waals surface area contributed by atoms with Gasteiger partial charge in [0.25, 0.3) is 0 Å². The van der Waals surface area contributed by atoms with Gasteiger partial charge in [-0.05, 0) is 94.2 Å². The first-order valence-electron chi connectivity index (χ1n) is 11.9. The van der Waals surface area contributed by atoms with E-state index in [-0.39, 0.29) is 35.0 Å². The van der Waals surface area contributed by atoms with Gasteiger partial charge in [-0.3, -0.25) is 0 Å². The highest BCUT2D eigenvalue weighted by molar-refractivity contribution is 6.05. The molecule has 4 rings (SSSR count). The van der Waals surface area contributed by atoms with Crippen LogP contribution in [0.5, 0.6) is 0 Å². The third-order valence-electron chi connectivity index (χ3n) is 6.10. The Morgan fingerprint density at radius 1 is 0.606 bits per heavy atom. The zero-order valence-electron chi connectivity index (χ0n) is 18.7. The van der Waals surface area contributed by atoms with E-state index in [2.05, 4.69) is 0 Å². The van der Waals surface area contributed by atoms with Crippen molar-refractivity contribution in [1.29, 1.82) is 0 Å². The molecule has 1 aromatic carbocycles. The van der Waals surface area contributed by atoms with Crippen LogP contribution in [-0.2, 0) is 14.2 Å². The predicted molar refractivity (Wildman–Crippen MR) is 123 cm³/mol. The first kappa shape index (κ1) is 23.0. The van der Waals surface area contributed by atoms with Crippen molar-refractivity contribution in [3.05, 3.63) is 71.3 Å². The molecule has 0 bridgehead atoms. The van der Waals surface area contributed by atoms with E-state index in [1.54, 1.807) is 0 Å². The van der Waals surface area contributed by atoms with Gasteiger partial charge in [-0.1, -0.05) is 18.2 Å². The molecule has 6 nitrogen and oxygen atoms in total. The molecule has 6 heteroatoms. The molecule has 0 saturated heterocycles. The quantitative estimate of drug-likeness (QED) is 0.324. The zero-order chi connectivity index (χ0) is 23.0. The second-order valence-electron chi connectivity index (χ2n) is 8.67. The Bertz CT molecular complexity index is 973. The lowest BCUT2D eigenvalue weighted by Crippen LogP contribution is -2.24. The first-order valence-corrected chi connectivity index (χ1v) is 11.9. The summed E-state index contributed by atoms with van der Waals surface area (Å²) >= 11 is 0. The first-order chi connectivity index (χ1) is 16.1. The molecule has 33 heavy (non-hydrogen) atoms. The minimum Gasteiger partial charge on any atom is -0.455 e. The second kappa shape index (κ2) is 11.1.